The summed E-state index contributed by atoms with van der Waals surface area (Å²) in [6.07, 6.45) is 3.03. The van der Waals surface area contributed by atoms with E-state index in [-0.39, 0.29) is 17.1 Å². The lowest BCUT2D eigenvalue weighted by atomic mass is 10.2. The number of fused-ring (bicyclic) bond motifs is 1. The minimum atomic E-state index is -0.254. The molecule has 9 heteroatoms. The van der Waals surface area contributed by atoms with Gasteiger partial charge in [0, 0.05) is 31.6 Å². The molecule has 1 fully saturated rings. The molecule has 0 bridgehead atoms. The van der Waals surface area contributed by atoms with Gasteiger partial charge in [-0.1, -0.05) is 11.8 Å². The first-order valence-electron chi connectivity index (χ1n) is 8.60. The van der Waals surface area contributed by atoms with Gasteiger partial charge in [0.25, 0.3) is 5.91 Å². The van der Waals surface area contributed by atoms with Gasteiger partial charge >= 0.3 is 0 Å². The Morgan fingerprint density at radius 2 is 1.96 bits per heavy atom. The van der Waals surface area contributed by atoms with Crippen molar-refractivity contribution < 1.29 is 14.0 Å². The summed E-state index contributed by atoms with van der Waals surface area (Å²) in [4.78, 5) is 38.2. The van der Waals surface area contributed by atoms with Crippen LogP contribution < -0.4 is 0 Å². The number of hydrogen-bond acceptors (Lipinski definition) is 7. The second-order valence-electron chi connectivity index (χ2n) is 6.17. The van der Waals surface area contributed by atoms with E-state index in [0.717, 1.165) is 15.2 Å². The fourth-order valence-corrected chi connectivity index (χ4v) is 4.80. The normalized spacial score (nSPS) is 15.9. The molecule has 3 aromatic heterocycles. The van der Waals surface area contributed by atoms with Gasteiger partial charge in [-0.3, -0.25) is 9.59 Å². The Morgan fingerprint density at radius 1 is 1.19 bits per heavy atom. The standard InChI is InChI=1S/C18H18N4O3S2/c1-12(27-16-13-4-10-26-15(13)19-11-20-16)17(23)21-5-7-22(8-6-21)18(24)14-3-2-9-25-14/h2-4,9-12H,5-8H2,1H3/t12-/m1/s1. The number of furan rings is 1. The number of thiophene rings is 1. The van der Waals surface area contributed by atoms with Crippen molar-refractivity contribution in [1.29, 1.82) is 0 Å². The van der Waals surface area contributed by atoms with Crippen molar-refractivity contribution in [1.82, 2.24) is 19.8 Å². The summed E-state index contributed by atoms with van der Waals surface area (Å²) >= 11 is 3.02. The summed E-state index contributed by atoms with van der Waals surface area (Å²) in [5.74, 6) is 0.268. The van der Waals surface area contributed by atoms with Crippen LogP contribution in [0, 0.1) is 0 Å². The molecule has 0 spiro atoms. The fourth-order valence-electron chi connectivity index (χ4n) is 3.02. The molecule has 4 rings (SSSR count). The fraction of sp³-hybridized carbons (Fsp3) is 0.333. The lowest BCUT2D eigenvalue weighted by molar-refractivity contribution is -0.131. The number of carbonyl (C=O) groups excluding carboxylic acids is 2. The Labute approximate surface area is 164 Å². The Morgan fingerprint density at radius 3 is 2.70 bits per heavy atom. The minimum Gasteiger partial charge on any atom is -0.459 e. The van der Waals surface area contributed by atoms with Gasteiger partial charge in [0.1, 0.15) is 16.2 Å². The van der Waals surface area contributed by atoms with Crippen LogP contribution in [0.2, 0.25) is 0 Å². The Bertz CT molecular complexity index is 949. The number of piperazine rings is 1. The van der Waals surface area contributed by atoms with Crippen LogP contribution in [-0.4, -0.2) is 63.0 Å². The zero-order chi connectivity index (χ0) is 18.8. The molecule has 7 nitrogen and oxygen atoms in total. The topological polar surface area (TPSA) is 79.5 Å². The Balaban J connectivity index is 1.36. The molecule has 0 N–H and O–H groups in total. The van der Waals surface area contributed by atoms with Crippen LogP contribution >= 0.6 is 23.1 Å². The molecule has 4 heterocycles. The quantitative estimate of drug-likeness (QED) is 0.493. The number of rotatable bonds is 4. The zero-order valence-corrected chi connectivity index (χ0v) is 16.3. The summed E-state index contributed by atoms with van der Waals surface area (Å²) in [6.45, 7) is 3.95. The second kappa shape index (κ2) is 7.69. The second-order valence-corrected chi connectivity index (χ2v) is 8.40. The third kappa shape index (κ3) is 3.70. The van der Waals surface area contributed by atoms with Crippen LogP contribution in [0.5, 0.6) is 0 Å². The molecule has 3 aromatic rings. The Kier molecular flexibility index (Phi) is 5.13. The zero-order valence-electron chi connectivity index (χ0n) is 14.7. The van der Waals surface area contributed by atoms with Gasteiger partial charge in [0.15, 0.2) is 5.76 Å². The SMILES string of the molecule is C[C@@H](Sc1ncnc2sccc12)C(=O)N1CCN(C(=O)c2ccco2)CC1. The molecule has 140 valence electrons. The van der Waals surface area contributed by atoms with E-state index in [0.29, 0.717) is 31.9 Å². The van der Waals surface area contributed by atoms with E-state index in [1.165, 1.54) is 24.4 Å². The van der Waals surface area contributed by atoms with Crippen LogP contribution in [0.15, 0.2) is 45.6 Å². The molecular weight excluding hydrogens is 384 g/mol. The van der Waals surface area contributed by atoms with Gasteiger partial charge in [-0.2, -0.15) is 0 Å². The smallest absolute Gasteiger partial charge is 0.289 e. The van der Waals surface area contributed by atoms with Crippen LogP contribution in [0.3, 0.4) is 0 Å². The number of hydrogen-bond donors (Lipinski definition) is 0. The number of amides is 2. The predicted octanol–water partition coefficient (Wildman–Crippen LogP) is 2.75. The predicted molar refractivity (Wildman–Crippen MR) is 104 cm³/mol. The van der Waals surface area contributed by atoms with E-state index in [9.17, 15) is 9.59 Å². The monoisotopic (exact) mass is 402 g/mol. The number of carbonyl (C=O) groups is 2. The minimum absolute atomic E-state index is 0.0621. The largest absolute Gasteiger partial charge is 0.459 e. The van der Waals surface area contributed by atoms with E-state index in [1.54, 1.807) is 28.4 Å². The van der Waals surface area contributed by atoms with Crippen molar-refractivity contribution in [2.75, 3.05) is 26.2 Å². The molecule has 1 aliphatic rings. The van der Waals surface area contributed by atoms with Gasteiger partial charge in [0.2, 0.25) is 5.91 Å². The first-order chi connectivity index (χ1) is 13.1. The molecule has 1 atom stereocenters. The third-order valence-electron chi connectivity index (χ3n) is 4.47. The maximum absolute atomic E-state index is 12.8. The highest BCUT2D eigenvalue weighted by molar-refractivity contribution is 8.00. The molecule has 2 amide bonds. The molecular formula is C18H18N4O3S2. The maximum atomic E-state index is 12.8. The van der Waals surface area contributed by atoms with Crippen molar-refractivity contribution in [2.45, 2.75) is 17.2 Å². The molecule has 0 radical (unpaired) electrons. The first-order valence-corrected chi connectivity index (χ1v) is 10.4. The van der Waals surface area contributed by atoms with Crippen LogP contribution in [0.1, 0.15) is 17.5 Å². The molecule has 0 aliphatic carbocycles. The van der Waals surface area contributed by atoms with Gasteiger partial charge in [-0.25, -0.2) is 9.97 Å². The van der Waals surface area contributed by atoms with Gasteiger partial charge in [0.05, 0.1) is 11.5 Å². The van der Waals surface area contributed by atoms with Gasteiger partial charge in [-0.15, -0.1) is 11.3 Å². The van der Waals surface area contributed by atoms with Crippen molar-refractivity contribution in [3.8, 4) is 0 Å². The van der Waals surface area contributed by atoms with E-state index >= 15 is 0 Å². The number of aromatic nitrogens is 2. The number of thioether (sulfide) groups is 1. The van der Waals surface area contributed by atoms with Crippen molar-refractivity contribution in [3.63, 3.8) is 0 Å². The van der Waals surface area contributed by atoms with E-state index in [4.69, 9.17) is 4.42 Å². The molecule has 1 aliphatic heterocycles. The van der Waals surface area contributed by atoms with E-state index in [2.05, 4.69) is 9.97 Å². The summed E-state index contributed by atoms with van der Waals surface area (Å²) in [5, 5.41) is 3.54. The molecule has 0 aromatic carbocycles. The van der Waals surface area contributed by atoms with Crippen molar-refractivity contribution in [3.05, 3.63) is 41.9 Å². The Hall–Kier alpha value is -2.39. The maximum Gasteiger partial charge on any atom is 0.289 e. The third-order valence-corrected chi connectivity index (χ3v) is 6.40. The van der Waals surface area contributed by atoms with Crippen molar-refractivity contribution in [2.24, 2.45) is 0 Å². The summed E-state index contributed by atoms with van der Waals surface area (Å²) in [7, 11) is 0. The van der Waals surface area contributed by atoms with Gasteiger partial charge in [-0.05, 0) is 30.5 Å². The number of nitrogens with zero attached hydrogens (tertiary/aromatic N) is 4. The molecule has 0 saturated carbocycles. The lowest BCUT2D eigenvalue weighted by Gasteiger charge is -2.35. The van der Waals surface area contributed by atoms with Crippen LogP contribution in [-0.2, 0) is 4.79 Å². The van der Waals surface area contributed by atoms with Crippen LogP contribution in [0.25, 0.3) is 10.2 Å². The molecule has 27 heavy (non-hydrogen) atoms. The average Bonchev–Trinajstić information content (AvgIpc) is 3.39. The highest BCUT2D eigenvalue weighted by Gasteiger charge is 2.29. The summed E-state index contributed by atoms with van der Waals surface area (Å²) in [6, 6.07) is 5.34. The molecule has 0 unspecified atom stereocenters. The van der Waals surface area contributed by atoms with Gasteiger partial charge < -0.3 is 14.2 Å². The van der Waals surface area contributed by atoms with E-state index in [1.807, 2.05) is 23.3 Å². The lowest BCUT2D eigenvalue weighted by Crippen LogP contribution is -2.52. The summed E-state index contributed by atoms with van der Waals surface area (Å²) < 4.78 is 5.17. The van der Waals surface area contributed by atoms with E-state index < -0.39 is 0 Å². The van der Waals surface area contributed by atoms with Crippen LogP contribution in [0.4, 0.5) is 0 Å². The highest BCUT2D eigenvalue weighted by Crippen LogP contribution is 2.31. The first kappa shape index (κ1) is 18.0. The summed E-state index contributed by atoms with van der Waals surface area (Å²) in [5.41, 5.74) is 0. The van der Waals surface area contributed by atoms with Crippen molar-refractivity contribution >= 4 is 45.1 Å². The molecule has 1 saturated heterocycles. The average molecular weight is 403 g/mol. The highest BCUT2D eigenvalue weighted by atomic mass is 32.2.